The van der Waals surface area contributed by atoms with E-state index in [1.165, 1.54) is 18.3 Å². The fourth-order valence-corrected chi connectivity index (χ4v) is 2.93. The highest BCUT2D eigenvalue weighted by Gasteiger charge is 2.37. The summed E-state index contributed by atoms with van der Waals surface area (Å²) in [4.78, 5) is 29.7. The van der Waals surface area contributed by atoms with Crippen molar-refractivity contribution >= 4 is 11.9 Å². The predicted molar refractivity (Wildman–Crippen MR) is 83.6 cm³/mol. The summed E-state index contributed by atoms with van der Waals surface area (Å²) in [7, 11) is 1.54. The van der Waals surface area contributed by atoms with E-state index in [-0.39, 0.29) is 12.3 Å². The van der Waals surface area contributed by atoms with Crippen LogP contribution >= 0.6 is 0 Å². The first-order valence-electron chi connectivity index (χ1n) is 7.67. The lowest BCUT2D eigenvalue weighted by Gasteiger charge is -2.32. The predicted octanol–water partition coefficient (Wildman–Crippen LogP) is 1.83. The lowest BCUT2D eigenvalue weighted by molar-refractivity contribution is -0.151. The first-order valence-corrected chi connectivity index (χ1v) is 7.67. The molecule has 0 saturated carbocycles. The Hall–Kier alpha value is -2.83. The number of carbonyl (C=O) groups excluding carboxylic acids is 1. The van der Waals surface area contributed by atoms with E-state index in [4.69, 9.17) is 9.15 Å². The van der Waals surface area contributed by atoms with E-state index < -0.39 is 12.0 Å². The molecular formula is C17H18N2O5. The highest BCUT2D eigenvalue weighted by molar-refractivity contribution is 5.85. The van der Waals surface area contributed by atoms with E-state index in [1.807, 2.05) is 6.07 Å². The molecule has 0 bridgehead atoms. The van der Waals surface area contributed by atoms with Crippen LogP contribution in [0, 0.1) is 0 Å². The van der Waals surface area contributed by atoms with Crippen molar-refractivity contribution in [3.05, 3.63) is 47.5 Å². The van der Waals surface area contributed by atoms with Crippen molar-refractivity contribution in [2.45, 2.75) is 25.3 Å². The van der Waals surface area contributed by atoms with Gasteiger partial charge < -0.3 is 19.2 Å². The number of aromatic nitrogens is 1. The molecule has 24 heavy (non-hydrogen) atoms. The van der Waals surface area contributed by atoms with Crippen molar-refractivity contribution in [1.29, 1.82) is 0 Å². The van der Waals surface area contributed by atoms with Gasteiger partial charge >= 0.3 is 5.97 Å². The Labute approximate surface area is 138 Å². The van der Waals surface area contributed by atoms with Gasteiger partial charge in [-0.15, -0.1) is 0 Å². The van der Waals surface area contributed by atoms with E-state index in [2.05, 4.69) is 4.98 Å². The number of fused-ring (bicyclic) bond motifs is 1. The van der Waals surface area contributed by atoms with Crippen molar-refractivity contribution in [1.82, 2.24) is 9.88 Å². The number of rotatable bonds is 5. The molecule has 1 N–H and O–H groups in total. The third-order valence-electron chi connectivity index (χ3n) is 4.15. The Morgan fingerprint density at radius 1 is 1.42 bits per heavy atom. The molecule has 2 aromatic rings. The molecule has 1 aliphatic heterocycles. The van der Waals surface area contributed by atoms with Crippen molar-refractivity contribution < 1.29 is 23.8 Å². The van der Waals surface area contributed by atoms with Gasteiger partial charge in [-0.2, -0.15) is 0 Å². The smallest absolute Gasteiger partial charge is 0.331 e. The minimum atomic E-state index is -1.04. The number of hydrogen-bond acceptors (Lipinski definition) is 5. The highest BCUT2D eigenvalue weighted by atomic mass is 16.5. The van der Waals surface area contributed by atoms with E-state index in [0.717, 1.165) is 5.56 Å². The Kier molecular flexibility index (Phi) is 4.50. The van der Waals surface area contributed by atoms with Gasteiger partial charge in [0.05, 0.1) is 13.4 Å². The fourth-order valence-electron chi connectivity index (χ4n) is 2.93. The highest BCUT2D eigenvalue weighted by Crippen LogP contribution is 2.31. The van der Waals surface area contributed by atoms with Crippen LogP contribution in [0.3, 0.4) is 0 Å². The van der Waals surface area contributed by atoms with Crippen LogP contribution in [-0.4, -0.2) is 40.5 Å². The number of nitrogens with zero attached hydrogens (tertiary/aromatic N) is 2. The van der Waals surface area contributed by atoms with E-state index in [9.17, 15) is 14.7 Å². The molecular weight excluding hydrogens is 312 g/mol. The minimum Gasteiger partial charge on any atom is -0.481 e. The van der Waals surface area contributed by atoms with Crippen molar-refractivity contribution in [3.63, 3.8) is 0 Å². The normalized spacial score (nSPS) is 16.5. The Morgan fingerprint density at radius 2 is 2.25 bits per heavy atom. The van der Waals surface area contributed by atoms with Crippen LogP contribution in [0.5, 0.6) is 5.88 Å². The van der Waals surface area contributed by atoms with Crippen LogP contribution in [0.4, 0.5) is 0 Å². The number of carboxylic acid groups (broad SMARTS) is 1. The maximum absolute atomic E-state index is 12.5. The SMILES string of the molecule is COc1ccc(CCC(=O)N2CCc3occc3C2C(=O)O)cn1. The number of furan rings is 1. The maximum Gasteiger partial charge on any atom is 0.331 e. The quantitative estimate of drug-likeness (QED) is 0.899. The zero-order chi connectivity index (χ0) is 17.1. The third-order valence-corrected chi connectivity index (χ3v) is 4.15. The Bertz CT molecular complexity index is 738. The van der Waals surface area contributed by atoms with Crippen molar-refractivity contribution in [2.24, 2.45) is 0 Å². The average molecular weight is 330 g/mol. The number of methoxy groups -OCH3 is 1. The first kappa shape index (κ1) is 16.0. The number of aryl methyl sites for hydroxylation is 1. The molecule has 1 amide bonds. The molecule has 0 fully saturated rings. The summed E-state index contributed by atoms with van der Waals surface area (Å²) in [5.74, 6) is -0.0766. The van der Waals surface area contributed by atoms with Crippen molar-refractivity contribution in [3.8, 4) is 5.88 Å². The molecule has 1 unspecified atom stereocenters. The van der Waals surface area contributed by atoms with Crippen LogP contribution in [-0.2, 0) is 22.4 Å². The van der Waals surface area contributed by atoms with Gasteiger partial charge in [-0.05, 0) is 18.1 Å². The molecule has 0 aromatic carbocycles. The zero-order valence-corrected chi connectivity index (χ0v) is 13.3. The molecule has 1 atom stereocenters. The van der Waals surface area contributed by atoms with Gasteiger partial charge in [0, 0.05) is 37.2 Å². The minimum absolute atomic E-state index is 0.190. The van der Waals surface area contributed by atoms with E-state index in [1.54, 1.807) is 18.3 Å². The molecule has 1 aliphatic rings. The summed E-state index contributed by atoms with van der Waals surface area (Å²) < 4.78 is 10.3. The molecule has 0 spiro atoms. The van der Waals surface area contributed by atoms with Crippen LogP contribution in [0.15, 0.2) is 35.1 Å². The van der Waals surface area contributed by atoms with Crippen LogP contribution in [0.1, 0.15) is 29.3 Å². The Morgan fingerprint density at radius 3 is 2.92 bits per heavy atom. The monoisotopic (exact) mass is 330 g/mol. The average Bonchev–Trinajstić information content (AvgIpc) is 3.07. The third kappa shape index (κ3) is 3.10. The fraction of sp³-hybridized carbons (Fsp3) is 0.353. The standard InChI is InChI=1S/C17H18N2O5/c1-23-14-4-2-11(10-18-14)3-5-15(20)19-8-6-13-12(7-9-24-13)16(19)17(21)22/h2,4,7,9-10,16H,3,5-6,8H2,1H3,(H,21,22). The van der Waals surface area contributed by atoms with Gasteiger partial charge in [-0.3, -0.25) is 4.79 Å². The summed E-state index contributed by atoms with van der Waals surface area (Å²) in [6, 6.07) is 4.23. The lowest BCUT2D eigenvalue weighted by Crippen LogP contribution is -2.43. The van der Waals surface area contributed by atoms with Gasteiger partial charge in [0.15, 0.2) is 6.04 Å². The molecule has 7 heteroatoms. The molecule has 2 aromatic heterocycles. The van der Waals surface area contributed by atoms with Gasteiger partial charge in [0.25, 0.3) is 0 Å². The molecule has 0 aliphatic carbocycles. The molecule has 126 valence electrons. The van der Waals surface area contributed by atoms with E-state index >= 15 is 0 Å². The molecule has 3 heterocycles. The van der Waals surface area contributed by atoms with Crippen LogP contribution in [0.25, 0.3) is 0 Å². The van der Waals surface area contributed by atoms with Crippen LogP contribution < -0.4 is 4.74 Å². The number of aliphatic carboxylic acids is 1. The van der Waals surface area contributed by atoms with Gasteiger partial charge in [-0.25, -0.2) is 9.78 Å². The number of pyridine rings is 1. The van der Waals surface area contributed by atoms with Crippen LogP contribution in [0.2, 0.25) is 0 Å². The second kappa shape index (κ2) is 6.74. The van der Waals surface area contributed by atoms with Crippen molar-refractivity contribution in [2.75, 3.05) is 13.7 Å². The van der Waals surface area contributed by atoms with Gasteiger partial charge in [0.2, 0.25) is 11.8 Å². The molecule has 7 nitrogen and oxygen atoms in total. The Balaban J connectivity index is 1.68. The zero-order valence-electron chi connectivity index (χ0n) is 13.3. The summed E-state index contributed by atoms with van der Waals surface area (Å²) in [5, 5.41) is 9.51. The number of amides is 1. The van der Waals surface area contributed by atoms with Gasteiger partial charge in [0.1, 0.15) is 5.76 Å². The topological polar surface area (TPSA) is 92.9 Å². The van der Waals surface area contributed by atoms with E-state index in [0.29, 0.717) is 36.6 Å². The molecule has 0 saturated heterocycles. The lowest BCUT2D eigenvalue weighted by atomic mass is 9.98. The first-order chi connectivity index (χ1) is 11.6. The summed E-state index contributed by atoms with van der Waals surface area (Å²) in [6.45, 7) is 0.344. The second-order valence-electron chi connectivity index (χ2n) is 5.59. The second-order valence-corrected chi connectivity index (χ2v) is 5.59. The summed E-state index contributed by atoms with van der Waals surface area (Å²) >= 11 is 0. The largest absolute Gasteiger partial charge is 0.481 e. The van der Waals surface area contributed by atoms with Gasteiger partial charge in [-0.1, -0.05) is 6.07 Å². The molecule has 3 rings (SSSR count). The number of carbonyl (C=O) groups is 2. The number of ether oxygens (including phenoxy) is 1. The number of carboxylic acids is 1. The summed E-state index contributed by atoms with van der Waals surface area (Å²) in [5.41, 5.74) is 1.46. The maximum atomic E-state index is 12.5. The number of hydrogen-bond donors (Lipinski definition) is 1. The summed E-state index contributed by atoms with van der Waals surface area (Å²) in [6.07, 6.45) is 4.38. The molecule has 0 radical (unpaired) electrons.